The molecule has 0 radical (unpaired) electrons. The Morgan fingerprint density at radius 2 is 2.09 bits per heavy atom. The predicted molar refractivity (Wildman–Crippen MR) is 37.0 cm³/mol. The Labute approximate surface area is 64.9 Å². The van der Waals surface area contributed by atoms with Gasteiger partial charge in [-0.05, 0) is 0 Å². The maximum atomic E-state index is 13.2. The molecule has 0 bridgehead atoms. The Bertz CT molecular complexity index is 147. The molecule has 2 aliphatic rings. The second-order valence-corrected chi connectivity index (χ2v) is 2.93. The number of ether oxygens (including phenoxy) is 2. The molecule has 4 heteroatoms. The Hall–Kier alpha value is -0.190. The maximum absolute atomic E-state index is 13.2. The van der Waals surface area contributed by atoms with E-state index < -0.39 is 12.0 Å². The van der Waals surface area contributed by atoms with Crippen molar-refractivity contribution in [3.05, 3.63) is 0 Å². The molecular weight excluding hydrogens is 149 g/mol. The summed E-state index contributed by atoms with van der Waals surface area (Å²) < 4.78 is 23.7. The molecule has 1 spiro atoms. The Kier molecular flexibility index (Phi) is 1.83. The minimum Gasteiger partial charge on any atom is -0.345 e. The first-order valence-corrected chi connectivity index (χ1v) is 3.96. The van der Waals surface area contributed by atoms with E-state index in [9.17, 15) is 4.39 Å². The molecule has 2 heterocycles. The number of halogens is 1. The monoisotopic (exact) mass is 161 g/mol. The molecule has 64 valence electrons. The standard InChI is InChI=1S/C7H12FNO2/c8-6-5-9-2-1-7(6)10-3-4-11-7/h6,9H,1-5H2/t6-/m1/s1. The normalized spacial score (nSPS) is 36.3. The van der Waals surface area contributed by atoms with Crippen LogP contribution in [0.2, 0.25) is 0 Å². The molecule has 0 aliphatic carbocycles. The van der Waals surface area contributed by atoms with Crippen molar-refractivity contribution < 1.29 is 13.9 Å². The average Bonchev–Trinajstić information content (AvgIpc) is 2.46. The van der Waals surface area contributed by atoms with Crippen LogP contribution >= 0.6 is 0 Å². The first-order chi connectivity index (χ1) is 5.33. The first-order valence-electron chi connectivity index (χ1n) is 3.96. The predicted octanol–water partition coefficient (Wildman–Crippen LogP) is 0.0609. The zero-order valence-corrected chi connectivity index (χ0v) is 6.31. The summed E-state index contributed by atoms with van der Waals surface area (Å²) in [6.07, 6.45) is -0.396. The summed E-state index contributed by atoms with van der Waals surface area (Å²) >= 11 is 0. The van der Waals surface area contributed by atoms with Crippen molar-refractivity contribution in [3.63, 3.8) is 0 Å². The summed E-state index contributed by atoms with van der Waals surface area (Å²) in [6.45, 7) is 2.18. The largest absolute Gasteiger partial charge is 0.345 e. The van der Waals surface area contributed by atoms with Crippen molar-refractivity contribution >= 4 is 0 Å². The smallest absolute Gasteiger partial charge is 0.202 e. The number of nitrogens with one attached hydrogen (secondary N) is 1. The zero-order chi connectivity index (χ0) is 7.73. The Balaban J connectivity index is 2.07. The molecule has 1 atom stereocenters. The van der Waals surface area contributed by atoms with E-state index in [-0.39, 0.29) is 0 Å². The van der Waals surface area contributed by atoms with E-state index in [2.05, 4.69) is 5.32 Å². The first kappa shape index (κ1) is 7.46. The molecular formula is C7H12FNO2. The highest BCUT2D eigenvalue weighted by Gasteiger charge is 2.46. The van der Waals surface area contributed by atoms with Crippen molar-refractivity contribution in [2.45, 2.75) is 18.4 Å². The quantitative estimate of drug-likeness (QED) is 0.545. The number of hydrogen-bond acceptors (Lipinski definition) is 3. The van der Waals surface area contributed by atoms with Crippen molar-refractivity contribution in [2.75, 3.05) is 26.3 Å². The Morgan fingerprint density at radius 1 is 1.36 bits per heavy atom. The highest BCUT2D eigenvalue weighted by molar-refractivity contribution is 4.88. The fourth-order valence-electron chi connectivity index (χ4n) is 1.60. The molecule has 0 aromatic carbocycles. The lowest BCUT2D eigenvalue weighted by Crippen LogP contribution is -2.52. The van der Waals surface area contributed by atoms with Crippen molar-refractivity contribution in [3.8, 4) is 0 Å². The van der Waals surface area contributed by atoms with Crippen molar-refractivity contribution in [1.82, 2.24) is 5.32 Å². The lowest BCUT2D eigenvalue weighted by Gasteiger charge is -2.34. The molecule has 0 amide bonds. The van der Waals surface area contributed by atoms with Gasteiger partial charge in [0.15, 0.2) is 6.17 Å². The van der Waals surface area contributed by atoms with E-state index >= 15 is 0 Å². The van der Waals surface area contributed by atoms with E-state index in [0.29, 0.717) is 26.2 Å². The second-order valence-electron chi connectivity index (χ2n) is 2.93. The molecule has 0 saturated carbocycles. The van der Waals surface area contributed by atoms with Crippen LogP contribution in [0.4, 0.5) is 4.39 Å². The van der Waals surface area contributed by atoms with Crippen molar-refractivity contribution in [2.24, 2.45) is 0 Å². The average molecular weight is 161 g/mol. The molecule has 0 aromatic heterocycles. The molecule has 1 N–H and O–H groups in total. The number of alkyl halides is 1. The third kappa shape index (κ3) is 1.15. The van der Waals surface area contributed by atoms with E-state index in [4.69, 9.17) is 9.47 Å². The van der Waals surface area contributed by atoms with Gasteiger partial charge in [-0.25, -0.2) is 4.39 Å². The highest BCUT2D eigenvalue weighted by atomic mass is 19.1. The van der Waals surface area contributed by atoms with Gasteiger partial charge in [0.2, 0.25) is 5.79 Å². The van der Waals surface area contributed by atoms with Gasteiger partial charge in [0, 0.05) is 19.5 Å². The van der Waals surface area contributed by atoms with Crippen LogP contribution in [0.25, 0.3) is 0 Å². The lowest BCUT2D eigenvalue weighted by atomic mass is 10.0. The number of hydrogen-bond donors (Lipinski definition) is 1. The topological polar surface area (TPSA) is 30.5 Å². The van der Waals surface area contributed by atoms with Crippen LogP contribution in [-0.4, -0.2) is 38.3 Å². The summed E-state index contributed by atoms with van der Waals surface area (Å²) in [5.41, 5.74) is 0. The van der Waals surface area contributed by atoms with Crippen LogP contribution in [0, 0.1) is 0 Å². The minimum atomic E-state index is -1.02. The molecule has 2 aliphatic heterocycles. The van der Waals surface area contributed by atoms with Crippen LogP contribution in [0.15, 0.2) is 0 Å². The molecule has 0 aromatic rings. The second kappa shape index (κ2) is 2.69. The highest BCUT2D eigenvalue weighted by Crippen LogP contribution is 2.30. The minimum absolute atomic E-state index is 0.347. The molecule has 3 nitrogen and oxygen atoms in total. The van der Waals surface area contributed by atoms with Gasteiger partial charge in [0.1, 0.15) is 0 Å². The van der Waals surface area contributed by atoms with Gasteiger partial charge < -0.3 is 14.8 Å². The maximum Gasteiger partial charge on any atom is 0.202 e. The van der Waals surface area contributed by atoms with Crippen LogP contribution < -0.4 is 5.32 Å². The number of rotatable bonds is 0. The molecule has 2 saturated heterocycles. The van der Waals surface area contributed by atoms with Crippen LogP contribution in [0.5, 0.6) is 0 Å². The van der Waals surface area contributed by atoms with E-state index in [1.165, 1.54) is 0 Å². The number of piperidine rings is 1. The van der Waals surface area contributed by atoms with E-state index in [1.807, 2.05) is 0 Å². The SMILES string of the molecule is F[C@@H]1CNCCC12OCCO2. The van der Waals surface area contributed by atoms with Gasteiger partial charge in [0.25, 0.3) is 0 Å². The van der Waals surface area contributed by atoms with Gasteiger partial charge in [0.05, 0.1) is 13.2 Å². The fourth-order valence-corrected chi connectivity index (χ4v) is 1.60. The van der Waals surface area contributed by atoms with Crippen LogP contribution in [-0.2, 0) is 9.47 Å². The molecule has 11 heavy (non-hydrogen) atoms. The van der Waals surface area contributed by atoms with E-state index in [0.717, 1.165) is 6.54 Å². The lowest BCUT2D eigenvalue weighted by molar-refractivity contribution is -0.210. The summed E-state index contributed by atoms with van der Waals surface area (Å²) in [5.74, 6) is -0.898. The summed E-state index contributed by atoms with van der Waals surface area (Å²) in [4.78, 5) is 0. The van der Waals surface area contributed by atoms with E-state index in [1.54, 1.807) is 0 Å². The van der Waals surface area contributed by atoms with Gasteiger partial charge in [-0.15, -0.1) is 0 Å². The van der Waals surface area contributed by atoms with Crippen LogP contribution in [0.3, 0.4) is 0 Å². The van der Waals surface area contributed by atoms with Crippen molar-refractivity contribution in [1.29, 1.82) is 0 Å². The third-order valence-corrected chi connectivity index (χ3v) is 2.23. The van der Waals surface area contributed by atoms with Gasteiger partial charge in [-0.2, -0.15) is 0 Å². The zero-order valence-electron chi connectivity index (χ0n) is 6.31. The van der Waals surface area contributed by atoms with Gasteiger partial charge >= 0.3 is 0 Å². The third-order valence-electron chi connectivity index (χ3n) is 2.23. The molecule has 2 fully saturated rings. The molecule has 0 unspecified atom stereocenters. The van der Waals surface area contributed by atoms with Crippen LogP contribution in [0.1, 0.15) is 6.42 Å². The fraction of sp³-hybridized carbons (Fsp3) is 1.00. The Morgan fingerprint density at radius 3 is 2.73 bits per heavy atom. The summed E-state index contributed by atoms with van der Waals surface area (Å²) in [5, 5.41) is 2.95. The summed E-state index contributed by atoms with van der Waals surface area (Å²) in [7, 11) is 0. The summed E-state index contributed by atoms with van der Waals surface area (Å²) in [6, 6.07) is 0. The van der Waals surface area contributed by atoms with Gasteiger partial charge in [-0.3, -0.25) is 0 Å². The van der Waals surface area contributed by atoms with Gasteiger partial charge in [-0.1, -0.05) is 0 Å². The molecule has 2 rings (SSSR count).